The summed E-state index contributed by atoms with van der Waals surface area (Å²) < 4.78 is 0. The Morgan fingerprint density at radius 3 is 2.59 bits per heavy atom. The van der Waals surface area contributed by atoms with Crippen molar-refractivity contribution in [2.24, 2.45) is 0 Å². The molecule has 1 aliphatic heterocycles. The third-order valence-corrected chi connectivity index (χ3v) is 6.52. The molecule has 1 aromatic heterocycles. The molecule has 0 aliphatic carbocycles. The van der Waals surface area contributed by atoms with Gasteiger partial charge in [-0.15, -0.1) is 11.3 Å². The van der Waals surface area contributed by atoms with Gasteiger partial charge in [-0.1, -0.05) is 61.5 Å². The molecule has 5 heteroatoms. The van der Waals surface area contributed by atoms with Gasteiger partial charge in [-0.3, -0.25) is 4.79 Å². The second-order valence-electron chi connectivity index (χ2n) is 7.65. The first-order valence-electron chi connectivity index (χ1n) is 10.2. The molecule has 0 spiro atoms. The van der Waals surface area contributed by atoms with E-state index in [4.69, 9.17) is 4.98 Å². The molecule has 4 nitrogen and oxygen atoms in total. The normalized spacial score (nSPS) is 17.4. The molecule has 0 radical (unpaired) electrons. The molecule has 1 unspecified atom stereocenters. The van der Waals surface area contributed by atoms with Crippen molar-refractivity contribution in [3.8, 4) is 10.6 Å². The highest BCUT2D eigenvalue weighted by molar-refractivity contribution is 7.13. The van der Waals surface area contributed by atoms with E-state index in [2.05, 4.69) is 55.3 Å². The fourth-order valence-electron chi connectivity index (χ4n) is 3.84. The topological polar surface area (TPSA) is 36.4 Å². The highest BCUT2D eigenvalue weighted by atomic mass is 32.1. The van der Waals surface area contributed by atoms with Crippen LogP contribution in [-0.2, 0) is 17.6 Å². The predicted octanol–water partition coefficient (Wildman–Crippen LogP) is 4.43. The fourth-order valence-corrected chi connectivity index (χ4v) is 4.66. The smallest absolute Gasteiger partial charge is 0.229 e. The molecule has 0 bridgehead atoms. The van der Waals surface area contributed by atoms with Crippen molar-refractivity contribution >= 4 is 17.2 Å². The quantitative estimate of drug-likeness (QED) is 0.630. The largest absolute Gasteiger partial charge is 0.333 e. The maximum Gasteiger partial charge on any atom is 0.229 e. The van der Waals surface area contributed by atoms with Crippen LogP contribution in [0, 0.1) is 0 Å². The second-order valence-corrected chi connectivity index (χ2v) is 8.51. The van der Waals surface area contributed by atoms with Gasteiger partial charge in [-0.2, -0.15) is 0 Å². The monoisotopic (exact) mass is 405 g/mol. The zero-order valence-corrected chi connectivity index (χ0v) is 17.9. The number of hydrogen-bond donors (Lipinski definition) is 0. The molecule has 3 aromatic rings. The lowest BCUT2D eigenvalue weighted by molar-refractivity contribution is -0.135. The molecule has 1 saturated heterocycles. The number of carbonyl (C=O) groups is 1. The highest BCUT2D eigenvalue weighted by Crippen LogP contribution is 2.27. The highest BCUT2D eigenvalue weighted by Gasteiger charge is 2.30. The van der Waals surface area contributed by atoms with Crippen LogP contribution < -0.4 is 0 Å². The molecular weight excluding hydrogens is 378 g/mol. The molecule has 1 aliphatic rings. The standard InChI is InChI=1S/C24H27N3OS/c1-3-18-9-11-20(12-10-18)24-25-21(17-29-24)15-23(28)27-14-13-26(2)16-22(27)19-7-5-4-6-8-19/h4-12,17,22H,3,13-16H2,1-2H3. The maximum atomic E-state index is 13.2. The molecule has 4 rings (SSSR count). The number of likely N-dealkylation sites (N-methyl/N-ethyl adjacent to an activating group) is 1. The molecule has 1 atom stereocenters. The Morgan fingerprint density at radius 1 is 1.10 bits per heavy atom. The lowest BCUT2D eigenvalue weighted by Gasteiger charge is -2.40. The van der Waals surface area contributed by atoms with E-state index in [1.54, 1.807) is 11.3 Å². The minimum absolute atomic E-state index is 0.0992. The average molecular weight is 406 g/mol. The zero-order chi connectivity index (χ0) is 20.2. The van der Waals surface area contributed by atoms with Crippen molar-refractivity contribution in [1.82, 2.24) is 14.8 Å². The summed E-state index contributed by atoms with van der Waals surface area (Å²) in [6, 6.07) is 19.0. The fraction of sp³-hybridized carbons (Fsp3) is 0.333. The summed E-state index contributed by atoms with van der Waals surface area (Å²) in [6.07, 6.45) is 1.39. The number of hydrogen-bond acceptors (Lipinski definition) is 4. The summed E-state index contributed by atoms with van der Waals surface area (Å²) in [6.45, 7) is 4.68. The van der Waals surface area contributed by atoms with Gasteiger partial charge in [0.1, 0.15) is 5.01 Å². The Bertz CT molecular complexity index is 952. The van der Waals surface area contributed by atoms with E-state index in [0.717, 1.165) is 42.3 Å². The number of nitrogens with zero attached hydrogens (tertiary/aromatic N) is 3. The summed E-state index contributed by atoms with van der Waals surface area (Å²) in [7, 11) is 2.12. The maximum absolute atomic E-state index is 13.2. The first-order chi connectivity index (χ1) is 14.1. The molecule has 1 fully saturated rings. The van der Waals surface area contributed by atoms with Crippen LogP contribution in [0.3, 0.4) is 0 Å². The number of carbonyl (C=O) groups excluding carboxylic acids is 1. The number of thiazole rings is 1. The number of piperazine rings is 1. The molecule has 0 saturated carbocycles. The van der Waals surface area contributed by atoms with Crippen molar-refractivity contribution in [3.63, 3.8) is 0 Å². The zero-order valence-electron chi connectivity index (χ0n) is 17.0. The lowest BCUT2D eigenvalue weighted by Crippen LogP contribution is -2.49. The molecule has 29 heavy (non-hydrogen) atoms. The minimum Gasteiger partial charge on any atom is -0.333 e. The molecule has 2 aromatic carbocycles. The van der Waals surface area contributed by atoms with Gasteiger partial charge in [-0.25, -0.2) is 4.98 Å². The Balaban J connectivity index is 1.48. The van der Waals surface area contributed by atoms with E-state index in [9.17, 15) is 4.79 Å². The van der Waals surface area contributed by atoms with Crippen LogP contribution in [0.5, 0.6) is 0 Å². The molecular formula is C24H27N3OS. The summed E-state index contributed by atoms with van der Waals surface area (Å²) in [5, 5.41) is 3.00. The minimum atomic E-state index is 0.0992. The van der Waals surface area contributed by atoms with Crippen molar-refractivity contribution in [3.05, 3.63) is 76.8 Å². The number of benzene rings is 2. The summed E-state index contributed by atoms with van der Waals surface area (Å²) >= 11 is 1.61. The van der Waals surface area contributed by atoms with Gasteiger partial charge in [-0.05, 0) is 24.6 Å². The van der Waals surface area contributed by atoms with E-state index in [-0.39, 0.29) is 11.9 Å². The third-order valence-electron chi connectivity index (χ3n) is 5.58. The predicted molar refractivity (Wildman–Crippen MR) is 119 cm³/mol. The summed E-state index contributed by atoms with van der Waals surface area (Å²) in [4.78, 5) is 22.2. The second kappa shape index (κ2) is 8.89. The van der Waals surface area contributed by atoms with Crippen LogP contribution in [0.1, 0.15) is 29.8 Å². The molecule has 150 valence electrons. The summed E-state index contributed by atoms with van der Waals surface area (Å²) in [5.41, 5.74) is 4.50. The Hall–Kier alpha value is -2.50. The van der Waals surface area contributed by atoms with Crippen molar-refractivity contribution < 1.29 is 4.79 Å². The Labute approximate surface area is 176 Å². The van der Waals surface area contributed by atoms with Crippen molar-refractivity contribution in [2.45, 2.75) is 25.8 Å². The van der Waals surface area contributed by atoms with Gasteiger partial charge < -0.3 is 9.80 Å². The van der Waals surface area contributed by atoms with Gasteiger partial charge in [0, 0.05) is 30.6 Å². The Morgan fingerprint density at radius 2 is 1.86 bits per heavy atom. The van der Waals surface area contributed by atoms with Crippen LogP contribution in [0.4, 0.5) is 0 Å². The van der Waals surface area contributed by atoms with E-state index in [1.807, 2.05) is 28.5 Å². The van der Waals surface area contributed by atoms with Gasteiger partial charge in [0.2, 0.25) is 5.91 Å². The lowest BCUT2D eigenvalue weighted by atomic mass is 10.0. The van der Waals surface area contributed by atoms with Gasteiger partial charge in [0.05, 0.1) is 18.2 Å². The van der Waals surface area contributed by atoms with Gasteiger partial charge >= 0.3 is 0 Å². The van der Waals surface area contributed by atoms with Crippen LogP contribution in [0.25, 0.3) is 10.6 Å². The van der Waals surface area contributed by atoms with E-state index in [1.165, 1.54) is 11.1 Å². The van der Waals surface area contributed by atoms with E-state index >= 15 is 0 Å². The van der Waals surface area contributed by atoms with Crippen LogP contribution >= 0.6 is 11.3 Å². The molecule has 1 amide bonds. The van der Waals surface area contributed by atoms with Crippen molar-refractivity contribution in [2.75, 3.05) is 26.7 Å². The average Bonchev–Trinajstić information content (AvgIpc) is 3.22. The first kappa shape index (κ1) is 19.8. The van der Waals surface area contributed by atoms with Crippen LogP contribution in [0.15, 0.2) is 60.0 Å². The number of rotatable bonds is 5. The van der Waals surface area contributed by atoms with Crippen LogP contribution in [0.2, 0.25) is 0 Å². The van der Waals surface area contributed by atoms with E-state index < -0.39 is 0 Å². The van der Waals surface area contributed by atoms with Gasteiger partial charge in [0.25, 0.3) is 0 Å². The van der Waals surface area contributed by atoms with Gasteiger partial charge in [0.15, 0.2) is 0 Å². The Kier molecular flexibility index (Phi) is 6.07. The number of amides is 1. The first-order valence-corrected chi connectivity index (χ1v) is 11.1. The number of aromatic nitrogens is 1. The third kappa shape index (κ3) is 4.57. The van der Waals surface area contributed by atoms with Crippen LogP contribution in [-0.4, -0.2) is 47.4 Å². The molecule has 0 N–H and O–H groups in total. The molecule has 2 heterocycles. The SMILES string of the molecule is CCc1ccc(-c2nc(CC(=O)N3CCN(C)CC3c3ccccc3)cs2)cc1. The summed E-state index contributed by atoms with van der Waals surface area (Å²) in [5.74, 6) is 0.158. The van der Waals surface area contributed by atoms with Crippen molar-refractivity contribution in [1.29, 1.82) is 0 Å². The number of aryl methyl sites for hydroxylation is 1. The van der Waals surface area contributed by atoms with E-state index in [0.29, 0.717) is 6.42 Å².